The van der Waals surface area contributed by atoms with Gasteiger partial charge in [0.15, 0.2) is 0 Å². The fraction of sp³-hybridized carbons (Fsp3) is 0.364. The topological polar surface area (TPSA) is 78.8 Å². The van der Waals surface area contributed by atoms with E-state index >= 15 is 0 Å². The summed E-state index contributed by atoms with van der Waals surface area (Å²) in [4.78, 5) is 11.0. The first-order valence-electron chi connectivity index (χ1n) is 4.97. The number of hydrogen-bond acceptors (Lipinski definition) is 4. The highest BCUT2D eigenvalue weighted by atomic mass is 79.9. The van der Waals surface area contributed by atoms with Crippen LogP contribution in [0.1, 0.15) is 10.4 Å². The van der Waals surface area contributed by atoms with E-state index in [1.54, 1.807) is 12.1 Å². The monoisotopic (exact) mass is 303 g/mol. The van der Waals surface area contributed by atoms with Crippen molar-refractivity contribution in [3.05, 3.63) is 28.2 Å². The van der Waals surface area contributed by atoms with Crippen LogP contribution in [-0.4, -0.2) is 42.5 Å². The third-order valence-electron chi connectivity index (χ3n) is 2.16. The van der Waals surface area contributed by atoms with Crippen molar-refractivity contribution in [2.45, 2.75) is 6.04 Å². The maximum atomic E-state index is 11.0. The Bertz CT molecular complexity index is 397. The minimum Gasteiger partial charge on any atom is -0.478 e. The van der Waals surface area contributed by atoms with E-state index in [9.17, 15) is 4.79 Å². The SMILES string of the molecule is COCC(CO)Nc1ccc(Br)cc1C(=O)O. The molecule has 1 aromatic carbocycles. The van der Waals surface area contributed by atoms with Gasteiger partial charge in [0.1, 0.15) is 0 Å². The summed E-state index contributed by atoms with van der Waals surface area (Å²) in [6.45, 7) is 0.161. The van der Waals surface area contributed by atoms with Crippen molar-refractivity contribution >= 4 is 27.6 Å². The molecule has 0 aliphatic heterocycles. The lowest BCUT2D eigenvalue weighted by molar-refractivity contribution is 0.0697. The number of aromatic carboxylic acids is 1. The lowest BCUT2D eigenvalue weighted by Gasteiger charge is -2.18. The van der Waals surface area contributed by atoms with Gasteiger partial charge in [-0.15, -0.1) is 0 Å². The molecule has 0 aliphatic rings. The number of rotatable bonds is 6. The summed E-state index contributed by atoms with van der Waals surface area (Å²) in [7, 11) is 1.52. The number of carbonyl (C=O) groups is 1. The first kappa shape index (κ1) is 14.0. The summed E-state index contributed by atoms with van der Waals surface area (Å²) in [5.74, 6) is -1.03. The van der Waals surface area contributed by atoms with E-state index in [-0.39, 0.29) is 18.2 Å². The number of anilines is 1. The first-order valence-corrected chi connectivity index (χ1v) is 5.77. The Morgan fingerprint density at radius 1 is 1.59 bits per heavy atom. The fourth-order valence-electron chi connectivity index (χ4n) is 1.38. The predicted molar refractivity (Wildman–Crippen MR) is 67.5 cm³/mol. The lowest BCUT2D eigenvalue weighted by Crippen LogP contribution is -2.29. The van der Waals surface area contributed by atoms with E-state index < -0.39 is 5.97 Å². The summed E-state index contributed by atoms with van der Waals surface area (Å²) < 4.78 is 5.60. The quantitative estimate of drug-likeness (QED) is 0.743. The van der Waals surface area contributed by atoms with Crippen molar-refractivity contribution in [3.8, 4) is 0 Å². The molecule has 1 rings (SSSR count). The zero-order valence-electron chi connectivity index (χ0n) is 9.31. The summed E-state index contributed by atoms with van der Waals surface area (Å²) >= 11 is 3.21. The van der Waals surface area contributed by atoms with Crippen molar-refractivity contribution in [1.29, 1.82) is 0 Å². The van der Waals surface area contributed by atoms with E-state index in [0.717, 1.165) is 0 Å². The molecule has 6 heteroatoms. The molecule has 0 saturated heterocycles. The van der Waals surface area contributed by atoms with Crippen LogP contribution < -0.4 is 5.32 Å². The number of aliphatic hydroxyl groups is 1. The van der Waals surface area contributed by atoms with Gasteiger partial charge in [-0.25, -0.2) is 4.79 Å². The minimum absolute atomic E-state index is 0.136. The Labute approximate surface area is 108 Å². The number of aliphatic hydroxyl groups excluding tert-OH is 1. The van der Waals surface area contributed by atoms with Crippen LogP contribution in [0.15, 0.2) is 22.7 Å². The Morgan fingerprint density at radius 3 is 2.82 bits per heavy atom. The van der Waals surface area contributed by atoms with Crippen LogP contribution in [0.5, 0.6) is 0 Å². The molecule has 0 aliphatic carbocycles. The Hall–Kier alpha value is -1.11. The van der Waals surface area contributed by atoms with Gasteiger partial charge in [-0.3, -0.25) is 0 Å². The number of ether oxygens (including phenoxy) is 1. The van der Waals surface area contributed by atoms with Crippen LogP contribution in [0.4, 0.5) is 5.69 Å². The van der Waals surface area contributed by atoms with Gasteiger partial charge >= 0.3 is 5.97 Å². The number of carboxylic acid groups (broad SMARTS) is 1. The zero-order chi connectivity index (χ0) is 12.8. The Kier molecular flexibility index (Phi) is 5.40. The van der Waals surface area contributed by atoms with Gasteiger partial charge in [0, 0.05) is 17.3 Å². The molecular formula is C11H14BrNO4. The maximum Gasteiger partial charge on any atom is 0.337 e. The molecule has 0 spiro atoms. The maximum absolute atomic E-state index is 11.0. The van der Waals surface area contributed by atoms with Gasteiger partial charge < -0.3 is 20.3 Å². The second-order valence-corrected chi connectivity index (χ2v) is 4.39. The number of hydrogen-bond donors (Lipinski definition) is 3. The van der Waals surface area contributed by atoms with Crippen molar-refractivity contribution in [2.24, 2.45) is 0 Å². The molecule has 0 fully saturated rings. The number of carboxylic acids is 1. The second-order valence-electron chi connectivity index (χ2n) is 3.47. The van der Waals surface area contributed by atoms with Gasteiger partial charge in [-0.1, -0.05) is 15.9 Å². The van der Waals surface area contributed by atoms with E-state index in [1.807, 2.05) is 0 Å². The molecule has 0 amide bonds. The predicted octanol–water partition coefficient (Wildman–Crippen LogP) is 1.57. The van der Waals surface area contributed by atoms with Gasteiger partial charge in [-0.2, -0.15) is 0 Å². The van der Waals surface area contributed by atoms with Crippen LogP contribution >= 0.6 is 15.9 Å². The van der Waals surface area contributed by atoms with Crippen molar-refractivity contribution in [1.82, 2.24) is 0 Å². The normalized spacial score (nSPS) is 12.2. The lowest BCUT2D eigenvalue weighted by atomic mass is 10.1. The fourth-order valence-corrected chi connectivity index (χ4v) is 1.74. The summed E-state index contributed by atoms with van der Waals surface area (Å²) in [6, 6.07) is 4.55. The van der Waals surface area contributed by atoms with E-state index in [0.29, 0.717) is 16.8 Å². The molecule has 1 unspecified atom stereocenters. The van der Waals surface area contributed by atoms with E-state index in [4.69, 9.17) is 14.9 Å². The van der Waals surface area contributed by atoms with Crippen molar-refractivity contribution < 1.29 is 19.7 Å². The Morgan fingerprint density at radius 2 is 2.29 bits per heavy atom. The third kappa shape index (κ3) is 3.99. The average Bonchev–Trinajstić information content (AvgIpc) is 2.30. The smallest absolute Gasteiger partial charge is 0.337 e. The van der Waals surface area contributed by atoms with Gasteiger partial charge in [0.2, 0.25) is 0 Å². The van der Waals surface area contributed by atoms with E-state index in [2.05, 4.69) is 21.2 Å². The first-order chi connectivity index (χ1) is 8.08. The molecule has 5 nitrogen and oxygen atoms in total. The van der Waals surface area contributed by atoms with Crippen LogP contribution in [0.3, 0.4) is 0 Å². The molecular weight excluding hydrogens is 290 g/mol. The zero-order valence-corrected chi connectivity index (χ0v) is 10.9. The van der Waals surface area contributed by atoms with Crippen molar-refractivity contribution in [2.75, 3.05) is 25.6 Å². The minimum atomic E-state index is -1.03. The highest BCUT2D eigenvalue weighted by Crippen LogP contribution is 2.21. The van der Waals surface area contributed by atoms with Gasteiger partial charge in [0.25, 0.3) is 0 Å². The summed E-state index contributed by atoms with van der Waals surface area (Å²) in [6.07, 6.45) is 0. The molecule has 1 atom stereocenters. The summed E-state index contributed by atoms with van der Waals surface area (Å²) in [5.41, 5.74) is 0.603. The largest absolute Gasteiger partial charge is 0.478 e. The molecule has 17 heavy (non-hydrogen) atoms. The number of methoxy groups -OCH3 is 1. The molecule has 0 bridgehead atoms. The van der Waals surface area contributed by atoms with Gasteiger partial charge in [0.05, 0.1) is 24.8 Å². The van der Waals surface area contributed by atoms with Gasteiger partial charge in [-0.05, 0) is 18.2 Å². The average molecular weight is 304 g/mol. The molecule has 0 aromatic heterocycles. The molecule has 94 valence electrons. The summed E-state index contributed by atoms with van der Waals surface area (Å²) in [5, 5.41) is 21.1. The van der Waals surface area contributed by atoms with Crippen LogP contribution in [-0.2, 0) is 4.74 Å². The second kappa shape index (κ2) is 6.58. The highest BCUT2D eigenvalue weighted by molar-refractivity contribution is 9.10. The van der Waals surface area contributed by atoms with Crippen LogP contribution in [0.2, 0.25) is 0 Å². The number of benzene rings is 1. The molecule has 0 saturated carbocycles. The molecule has 0 heterocycles. The van der Waals surface area contributed by atoms with Crippen molar-refractivity contribution in [3.63, 3.8) is 0 Å². The van der Waals surface area contributed by atoms with E-state index in [1.165, 1.54) is 13.2 Å². The Balaban J connectivity index is 2.92. The highest BCUT2D eigenvalue weighted by Gasteiger charge is 2.14. The third-order valence-corrected chi connectivity index (χ3v) is 2.65. The van der Waals surface area contributed by atoms with Crippen LogP contribution in [0.25, 0.3) is 0 Å². The van der Waals surface area contributed by atoms with Crippen LogP contribution in [0, 0.1) is 0 Å². The standard InChI is InChI=1S/C11H14BrNO4/c1-17-6-8(5-14)13-10-3-2-7(12)4-9(10)11(15)16/h2-4,8,13-14H,5-6H2,1H3,(H,15,16). The molecule has 0 radical (unpaired) electrons. The molecule has 1 aromatic rings. The molecule has 3 N–H and O–H groups in total. The number of halogens is 1. The number of nitrogens with one attached hydrogen (secondary N) is 1.